The van der Waals surface area contributed by atoms with Crippen molar-refractivity contribution >= 4 is 28.8 Å². The fraction of sp³-hybridized carbons (Fsp3) is 0.0476. The van der Waals surface area contributed by atoms with Gasteiger partial charge in [-0.15, -0.1) is 0 Å². The minimum atomic E-state index is -0.637. The maximum absolute atomic E-state index is 12.9. The number of amides is 2. The van der Waals surface area contributed by atoms with Crippen molar-refractivity contribution in [3.63, 3.8) is 0 Å². The highest BCUT2D eigenvalue weighted by Gasteiger charge is 2.19. The Labute approximate surface area is 166 Å². The second kappa shape index (κ2) is 7.43. The molecule has 0 fully saturated rings. The summed E-state index contributed by atoms with van der Waals surface area (Å²) in [5.41, 5.74) is 7.44. The van der Waals surface area contributed by atoms with Gasteiger partial charge in [-0.25, -0.2) is 9.97 Å². The van der Waals surface area contributed by atoms with Crippen LogP contribution in [0, 0.1) is 0 Å². The van der Waals surface area contributed by atoms with Crippen molar-refractivity contribution in [3.8, 4) is 11.6 Å². The number of anilines is 1. The summed E-state index contributed by atoms with van der Waals surface area (Å²) < 4.78 is 7.53. The lowest BCUT2D eigenvalue weighted by Gasteiger charge is -2.12. The number of nitrogens with two attached hydrogens (primary N) is 1. The van der Waals surface area contributed by atoms with Crippen LogP contribution in [0.2, 0.25) is 0 Å². The van der Waals surface area contributed by atoms with Crippen molar-refractivity contribution in [3.05, 3.63) is 78.0 Å². The molecule has 4 rings (SSSR count). The second-order valence-corrected chi connectivity index (χ2v) is 6.26. The smallest absolute Gasteiger partial charge is 0.263 e. The highest BCUT2D eigenvalue weighted by molar-refractivity contribution is 6.05. The lowest BCUT2D eigenvalue weighted by Crippen LogP contribution is -2.17. The highest BCUT2D eigenvalue weighted by atomic mass is 16.5. The van der Waals surface area contributed by atoms with E-state index in [0.29, 0.717) is 5.95 Å². The number of carbonyl (C=O) groups excluding carboxylic acids is 2. The molecule has 144 valence electrons. The summed E-state index contributed by atoms with van der Waals surface area (Å²) in [6.45, 7) is 0. The van der Waals surface area contributed by atoms with Crippen molar-refractivity contribution in [1.29, 1.82) is 0 Å². The van der Waals surface area contributed by atoms with Gasteiger partial charge in [-0.05, 0) is 36.4 Å². The second-order valence-electron chi connectivity index (χ2n) is 6.26. The molecule has 0 saturated carbocycles. The van der Waals surface area contributed by atoms with Crippen molar-refractivity contribution in [2.24, 2.45) is 12.8 Å². The molecule has 0 aliphatic carbocycles. The van der Waals surface area contributed by atoms with Crippen LogP contribution in [0.25, 0.3) is 11.0 Å². The number of aromatic nitrogens is 3. The predicted octanol–water partition coefficient (Wildman–Crippen LogP) is 3.11. The molecule has 2 heterocycles. The van der Waals surface area contributed by atoms with E-state index >= 15 is 0 Å². The average molecular weight is 387 g/mol. The average Bonchev–Trinajstić information content (AvgIpc) is 3.04. The summed E-state index contributed by atoms with van der Waals surface area (Å²) in [6.07, 6.45) is 1.49. The van der Waals surface area contributed by atoms with Gasteiger partial charge in [0, 0.05) is 13.2 Å². The van der Waals surface area contributed by atoms with E-state index < -0.39 is 11.8 Å². The summed E-state index contributed by atoms with van der Waals surface area (Å²) in [7, 11) is 1.81. The quantitative estimate of drug-likeness (QED) is 0.546. The third kappa shape index (κ3) is 3.51. The molecule has 2 aromatic carbocycles. The molecule has 0 radical (unpaired) electrons. The van der Waals surface area contributed by atoms with E-state index in [9.17, 15) is 9.59 Å². The Morgan fingerprint density at radius 2 is 1.72 bits per heavy atom. The number of ether oxygens (including phenoxy) is 1. The fourth-order valence-electron chi connectivity index (χ4n) is 2.93. The molecule has 0 spiro atoms. The first-order valence-corrected chi connectivity index (χ1v) is 8.79. The van der Waals surface area contributed by atoms with Crippen LogP contribution in [0.15, 0.2) is 66.9 Å². The molecule has 4 aromatic rings. The van der Waals surface area contributed by atoms with Gasteiger partial charge in [0.2, 0.25) is 11.8 Å². The third-order valence-corrected chi connectivity index (χ3v) is 4.39. The van der Waals surface area contributed by atoms with Gasteiger partial charge in [0.1, 0.15) is 11.3 Å². The van der Waals surface area contributed by atoms with Crippen LogP contribution in [0.1, 0.15) is 20.7 Å². The Balaban J connectivity index is 1.65. The largest absolute Gasteiger partial charge is 0.437 e. The van der Waals surface area contributed by atoms with E-state index in [-0.39, 0.29) is 22.8 Å². The van der Waals surface area contributed by atoms with Gasteiger partial charge in [-0.1, -0.05) is 24.3 Å². The molecule has 0 aliphatic heterocycles. The number of hydrogen-bond donors (Lipinski definition) is 2. The molecule has 0 bridgehead atoms. The summed E-state index contributed by atoms with van der Waals surface area (Å²) in [5.74, 6) is -0.415. The van der Waals surface area contributed by atoms with E-state index in [0.717, 1.165) is 11.0 Å². The van der Waals surface area contributed by atoms with E-state index in [2.05, 4.69) is 15.3 Å². The third-order valence-electron chi connectivity index (χ3n) is 4.39. The molecule has 2 amide bonds. The maximum atomic E-state index is 12.9. The van der Waals surface area contributed by atoms with Crippen LogP contribution in [0.3, 0.4) is 0 Å². The molecule has 29 heavy (non-hydrogen) atoms. The first-order valence-electron chi connectivity index (χ1n) is 8.79. The SMILES string of the molecule is Cn1c(NC(=O)c2cccnc2Oc2ccccc2C(N)=O)nc2ccccc21. The molecule has 8 heteroatoms. The number of para-hydroxylation sites is 3. The molecule has 0 unspecified atom stereocenters. The Hall–Kier alpha value is -4.20. The Bertz CT molecular complexity index is 1230. The van der Waals surface area contributed by atoms with Crippen LogP contribution in [-0.2, 0) is 7.05 Å². The van der Waals surface area contributed by atoms with E-state index in [4.69, 9.17) is 10.5 Å². The minimum Gasteiger partial charge on any atom is -0.437 e. The van der Waals surface area contributed by atoms with Crippen molar-refractivity contribution in [1.82, 2.24) is 14.5 Å². The van der Waals surface area contributed by atoms with Crippen LogP contribution in [0.4, 0.5) is 5.95 Å². The van der Waals surface area contributed by atoms with Gasteiger partial charge in [-0.2, -0.15) is 0 Å². The standard InChI is InChI=1S/C21H17N5O3/c1-26-16-10-4-3-9-15(16)24-21(26)25-19(28)14-8-6-12-23-20(14)29-17-11-5-2-7-13(17)18(22)27/h2-12H,1H3,(H2,22,27)(H,24,25,28). The molecular weight excluding hydrogens is 370 g/mol. The van der Waals surface area contributed by atoms with Gasteiger partial charge >= 0.3 is 0 Å². The zero-order chi connectivity index (χ0) is 20.4. The van der Waals surface area contributed by atoms with E-state index in [1.807, 2.05) is 31.3 Å². The van der Waals surface area contributed by atoms with Crippen LogP contribution >= 0.6 is 0 Å². The van der Waals surface area contributed by atoms with Gasteiger partial charge in [0.15, 0.2) is 0 Å². The molecular formula is C21H17N5O3. The van der Waals surface area contributed by atoms with Crippen LogP contribution in [-0.4, -0.2) is 26.3 Å². The number of benzene rings is 2. The zero-order valence-electron chi connectivity index (χ0n) is 15.5. The summed E-state index contributed by atoms with van der Waals surface area (Å²) in [5, 5.41) is 2.78. The predicted molar refractivity (Wildman–Crippen MR) is 108 cm³/mol. The minimum absolute atomic E-state index is 0.0532. The molecule has 3 N–H and O–H groups in total. The van der Waals surface area contributed by atoms with Crippen molar-refractivity contribution in [2.75, 3.05) is 5.32 Å². The number of primary amides is 1. The fourth-order valence-corrected chi connectivity index (χ4v) is 2.93. The van der Waals surface area contributed by atoms with Gasteiger partial charge in [0.25, 0.3) is 11.8 Å². The summed E-state index contributed by atoms with van der Waals surface area (Å²) in [4.78, 5) is 33.1. The Kier molecular flexibility index (Phi) is 4.66. The summed E-state index contributed by atoms with van der Waals surface area (Å²) in [6, 6.07) is 17.3. The Morgan fingerprint density at radius 3 is 2.52 bits per heavy atom. The lowest BCUT2D eigenvalue weighted by atomic mass is 10.2. The number of hydrogen-bond acceptors (Lipinski definition) is 5. The van der Waals surface area contributed by atoms with E-state index in [1.54, 1.807) is 41.0 Å². The van der Waals surface area contributed by atoms with Crippen molar-refractivity contribution < 1.29 is 14.3 Å². The van der Waals surface area contributed by atoms with Gasteiger partial charge < -0.3 is 15.0 Å². The van der Waals surface area contributed by atoms with Crippen molar-refractivity contribution in [2.45, 2.75) is 0 Å². The topological polar surface area (TPSA) is 112 Å². The number of nitrogens with zero attached hydrogens (tertiary/aromatic N) is 3. The lowest BCUT2D eigenvalue weighted by molar-refractivity contribution is 0.0997. The monoisotopic (exact) mass is 387 g/mol. The number of carbonyl (C=O) groups is 2. The molecule has 8 nitrogen and oxygen atoms in total. The Morgan fingerprint density at radius 1 is 1.00 bits per heavy atom. The number of pyridine rings is 1. The molecule has 0 atom stereocenters. The summed E-state index contributed by atoms with van der Waals surface area (Å²) >= 11 is 0. The van der Waals surface area contributed by atoms with E-state index in [1.165, 1.54) is 6.20 Å². The molecule has 2 aromatic heterocycles. The number of imidazole rings is 1. The van der Waals surface area contributed by atoms with Crippen LogP contribution < -0.4 is 15.8 Å². The zero-order valence-corrected chi connectivity index (χ0v) is 15.5. The first kappa shape index (κ1) is 18.2. The van der Waals surface area contributed by atoms with Crippen LogP contribution in [0.5, 0.6) is 11.6 Å². The number of fused-ring (bicyclic) bond motifs is 1. The number of rotatable bonds is 5. The van der Waals surface area contributed by atoms with Gasteiger partial charge in [-0.3, -0.25) is 14.9 Å². The normalized spacial score (nSPS) is 10.7. The van der Waals surface area contributed by atoms with Gasteiger partial charge in [0.05, 0.1) is 16.6 Å². The number of aryl methyl sites for hydroxylation is 1. The number of nitrogens with one attached hydrogen (secondary N) is 1. The maximum Gasteiger partial charge on any atom is 0.263 e. The molecule has 0 saturated heterocycles. The molecule has 0 aliphatic rings. The highest BCUT2D eigenvalue weighted by Crippen LogP contribution is 2.27. The first-order chi connectivity index (χ1) is 14.0.